The minimum Gasteiger partial charge on any atom is -0.457 e. The maximum atomic E-state index is 12.5. The van der Waals surface area contributed by atoms with Crippen LogP contribution in [0.5, 0.6) is 0 Å². The van der Waals surface area contributed by atoms with Crippen molar-refractivity contribution in [1.29, 1.82) is 0 Å². The average Bonchev–Trinajstić information content (AvgIpc) is 2.74. The highest BCUT2D eigenvalue weighted by Crippen LogP contribution is 2.27. The number of anilines is 2. The Kier molecular flexibility index (Phi) is 7.11. The number of hydrogen-bond donors (Lipinski definition) is 2. The predicted molar refractivity (Wildman–Crippen MR) is 130 cm³/mol. The Morgan fingerprint density at radius 1 is 0.938 bits per heavy atom. The molecule has 0 atom stereocenters. The van der Waals surface area contributed by atoms with Crippen LogP contribution in [0, 0.1) is 0 Å². The summed E-state index contributed by atoms with van der Waals surface area (Å²) >= 11 is 0. The van der Waals surface area contributed by atoms with Crippen LogP contribution in [0.15, 0.2) is 78.9 Å². The van der Waals surface area contributed by atoms with Crippen LogP contribution in [0.25, 0.3) is 17.2 Å². The van der Waals surface area contributed by atoms with Crippen LogP contribution in [0.2, 0.25) is 0 Å². The Morgan fingerprint density at radius 3 is 2.25 bits per heavy atom. The Bertz CT molecular complexity index is 1110. The monoisotopic (exact) mass is 428 g/mol. The number of esters is 1. The second-order valence-electron chi connectivity index (χ2n) is 8.50. The standard InChI is InChI=1S/C27H28N2O3/c1-27(2,3)32-26(31)16-13-19-9-11-20(12-10-19)17-25(30)29-24-15-14-22(18-23(24)28)21-7-5-4-6-8-21/h4-16,18H,17,28H2,1-3H3,(H,29,30)/b16-13+. The molecule has 0 bridgehead atoms. The molecule has 1 amide bonds. The predicted octanol–water partition coefficient (Wildman–Crippen LogP) is 5.47. The number of nitrogen functional groups attached to an aromatic ring is 1. The summed E-state index contributed by atoms with van der Waals surface area (Å²) in [5.74, 6) is -0.543. The average molecular weight is 429 g/mol. The van der Waals surface area contributed by atoms with Gasteiger partial charge in [-0.15, -0.1) is 0 Å². The largest absolute Gasteiger partial charge is 0.457 e. The van der Waals surface area contributed by atoms with E-state index in [0.29, 0.717) is 11.4 Å². The van der Waals surface area contributed by atoms with E-state index in [1.54, 1.807) is 6.08 Å². The van der Waals surface area contributed by atoms with Crippen molar-refractivity contribution in [3.63, 3.8) is 0 Å². The van der Waals surface area contributed by atoms with Gasteiger partial charge in [0.15, 0.2) is 0 Å². The first-order chi connectivity index (χ1) is 15.2. The van der Waals surface area contributed by atoms with Gasteiger partial charge in [0.1, 0.15) is 5.60 Å². The third-order valence-corrected chi connectivity index (χ3v) is 4.60. The van der Waals surface area contributed by atoms with Gasteiger partial charge >= 0.3 is 5.97 Å². The van der Waals surface area contributed by atoms with Crippen molar-refractivity contribution in [2.45, 2.75) is 32.8 Å². The zero-order chi connectivity index (χ0) is 23.1. The molecule has 3 aromatic carbocycles. The Hall–Kier alpha value is -3.86. The van der Waals surface area contributed by atoms with E-state index in [2.05, 4.69) is 5.32 Å². The molecule has 0 saturated heterocycles. The van der Waals surface area contributed by atoms with Gasteiger partial charge in [-0.2, -0.15) is 0 Å². The van der Waals surface area contributed by atoms with Gasteiger partial charge in [-0.25, -0.2) is 4.79 Å². The van der Waals surface area contributed by atoms with E-state index in [9.17, 15) is 9.59 Å². The summed E-state index contributed by atoms with van der Waals surface area (Å²) in [5.41, 5.74) is 10.5. The molecule has 0 aliphatic heterocycles. The van der Waals surface area contributed by atoms with Crippen molar-refractivity contribution in [3.8, 4) is 11.1 Å². The van der Waals surface area contributed by atoms with Gasteiger partial charge in [-0.3, -0.25) is 4.79 Å². The quantitative estimate of drug-likeness (QED) is 0.310. The Labute approximate surface area is 188 Å². The summed E-state index contributed by atoms with van der Waals surface area (Å²) in [6, 6.07) is 23.0. The molecule has 3 aromatic rings. The first-order valence-corrected chi connectivity index (χ1v) is 10.4. The van der Waals surface area contributed by atoms with E-state index in [1.165, 1.54) is 6.08 Å². The molecule has 0 radical (unpaired) electrons. The van der Waals surface area contributed by atoms with Crippen molar-refractivity contribution < 1.29 is 14.3 Å². The van der Waals surface area contributed by atoms with Gasteiger partial charge in [-0.05, 0) is 61.2 Å². The van der Waals surface area contributed by atoms with E-state index in [-0.39, 0.29) is 12.3 Å². The third kappa shape index (κ3) is 6.84. The molecular formula is C27H28N2O3. The first-order valence-electron chi connectivity index (χ1n) is 10.4. The van der Waals surface area contributed by atoms with Crippen molar-refractivity contribution in [2.75, 3.05) is 11.1 Å². The molecule has 0 heterocycles. The molecule has 32 heavy (non-hydrogen) atoms. The lowest BCUT2D eigenvalue weighted by Gasteiger charge is -2.17. The molecular weight excluding hydrogens is 400 g/mol. The molecule has 0 spiro atoms. The summed E-state index contributed by atoms with van der Waals surface area (Å²) in [6.45, 7) is 5.47. The highest BCUT2D eigenvalue weighted by atomic mass is 16.6. The second kappa shape index (κ2) is 9.96. The highest BCUT2D eigenvalue weighted by molar-refractivity contribution is 5.96. The number of carbonyl (C=O) groups excluding carboxylic acids is 2. The lowest BCUT2D eigenvalue weighted by Crippen LogP contribution is -2.22. The molecule has 0 fully saturated rings. The molecule has 5 nitrogen and oxygen atoms in total. The van der Waals surface area contributed by atoms with E-state index >= 15 is 0 Å². The Morgan fingerprint density at radius 2 is 1.62 bits per heavy atom. The molecule has 0 aliphatic carbocycles. The zero-order valence-electron chi connectivity index (χ0n) is 18.6. The summed E-state index contributed by atoms with van der Waals surface area (Å²) < 4.78 is 5.25. The number of rotatable bonds is 6. The molecule has 0 saturated carbocycles. The topological polar surface area (TPSA) is 81.4 Å². The number of hydrogen-bond acceptors (Lipinski definition) is 4. The summed E-state index contributed by atoms with van der Waals surface area (Å²) in [5, 5.41) is 2.87. The number of benzene rings is 3. The van der Waals surface area contributed by atoms with Crippen molar-refractivity contribution >= 4 is 29.3 Å². The molecule has 0 aromatic heterocycles. The van der Waals surface area contributed by atoms with Crippen LogP contribution in [-0.4, -0.2) is 17.5 Å². The van der Waals surface area contributed by atoms with Gasteiger partial charge in [-0.1, -0.05) is 60.7 Å². The van der Waals surface area contributed by atoms with Crippen molar-refractivity contribution in [1.82, 2.24) is 0 Å². The van der Waals surface area contributed by atoms with Gasteiger partial charge < -0.3 is 15.8 Å². The maximum absolute atomic E-state index is 12.5. The smallest absolute Gasteiger partial charge is 0.331 e. The van der Waals surface area contributed by atoms with Crippen LogP contribution >= 0.6 is 0 Å². The lowest BCUT2D eigenvalue weighted by atomic mass is 10.0. The SMILES string of the molecule is CC(C)(C)OC(=O)/C=C/c1ccc(CC(=O)Nc2ccc(-c3ccccc3)cc2N)cc1. The maximum Gasteiger partial charge on any atom is 0.331 e. The molecule has 164 valence electrons. The van der Waals surface area contributed by atoms with Gasteiger partial charge in [0.05, 0.1) is 17.8 Å². The summed E-state index contributed by atoms with van der Waals surface area (Å²) in [7, 11) is 0. The number of ether oxygens (including phenoxy) is 1. The van der Waals surface area contributed by atoms with E-state index in [0.717, 1.165) is 22.3 Å². The molecule has 0 unspecified atom stereocenters. The first kappa shape index (κ1) is 22.8. The van der Waals surface area contributed by atoms with E-state index in [1.807, 2.05) is 93.6 Å². The highest BCUT2D eigenvalue weighted by Gasteiger charge is 2.14. The minimum atomic E-state index is -0.524. The van der Waals surface area contributed by atoms with Gasteiger partial charge in [0, 0.05) is 6.08 Å². The number of nitrogens with one attached hydrogen (secondary N) is 1. The zero-order valence-corrected chi connectivity index (χ0v) is 18.6. The van der Waals surface area contributed by atoms with Crippen LogP contribution in [0.3, 0.4) is 0 Å². The van der Waals surface area contributed by atoms with Crippen LogP contribution in [0.1, 0.15) is 31.9 Å². The Balaban J connectivity index is 1.58. The number of amides is 1. The van der Waals surface area contributed by atoms with Crippen molar-refractivity contribution in [3.05, 3.63) is 90.0 Å². The second-order valence-corrected chi connectivity index (χ2v) is 8.50. The summed E-state index contributed by atoms with van der Waals surface area (Å²) in [4.78, 5) is 24.3. The van der Waals surface area contributed by atoms with E-state index in [4.69, 9.17) is 10.5 Å². The normalized spacial score (nSPS) is 11.3. The van der Waals surface area contributed by atoms with Gasteiger partial charge in [0.2, 0.25) is 5.91 Å². The lowest BCUT2D eigenvalue weighted by molar-refractivity contribution is -0.148. The van der Waals surface area contributed by atoms with Crippen molar-refractivity contribution in [2.24, 2.45) is 0 Å². The summed E-state index contributed by atoms with van der Waals surface area (Å²) in [6.07, 6.45) is 3.30. The molecule has 3 N–H and O–H groups in total. The van der Waals surface area contributed by atoms with Crippen LogP contribution in [-0.2, 0) is 20.7 Å². The fraction of sp³-hybridized carbons (Fsp3) is 0.185. The number of carbonyl (C=O) groups is 2. The molecule has 5 heteroatoms. The van der Waals surface area contributed by atoms with Crippen LogP contribution < -0.4 is 11.1 Å². The molecule has 0 aliphatic rings. The fourth-order valence-electron chi connectivity index (χ4n) is 3.11. The minimum absolute atomic E-state index is 0.152. The third-order valence-electron chi connectivity index (χ3n) is 4.60. The van der Waals surface area contributed by atoms with E-state index < -0.39 is 11.6 Å². The van der Waals surface area contributed by atoms with Crippen LogP contribution in [0.4, 0.5) is 11.4 Å². The molecule has 3 rings (SSSR count). The fourth-order valence-corrected chi connectivity index (χ4v) is 3.11. The van der Waals surface area contributed by atoms with Gasteiger partial charge in [0.25, 0.3) is 0 Å². The number of nitrogens with two attached hydrogens (primary N) is 1.